The minimum atomic E-state index is 0.0360. The third kappa shape index (κ3) is 2.64. The maximum Gasteiger partial charge on any atom is 0.270 e. The van der Waals surface area contributed by atoms with E-state index in [1.54, 1.807) is 12.3 Å². The topological polar surface area (TPSA) is 51.3 Å². The second-order valence-corrected chi connectivity index (χ2v) is 4.92. The van der Waals surface area contributed by atoms with Gasteiger partial charge in [-0.1, -0.05) is 11.6 Å². The zero-order chi connectivity index (χ0) is 12.4. The van der Waals surface area contributed by atoms with Crippen molar-refractivity contribution < 1.29 is 4.79 Å². The van der Waals surface area contributed by atoms with E-state index < -0.39 is 0 Å². The predicted octanol–water partition coefficient (Wildman–Crippen LogP) is 1.72. The first kappa shape index (κ1) is 12.5. The molecule has 2 N–H and O–H groups in total. The summed E-state index contributed by atoms with van der Waals surface area (Å²) in [4.78, 5) is 14.2. The van der Waals surface area contributed by atoms with Crippen molar-refractivity contribution in [3.05, 3.63) is 23.0 Å². The van der Waals surface area contributed by atoms with E-state index in [1.165, 1.54) is 0 Å². The van der Waals surface area contributed by atoms with Gasteiger partial charge < -0.3 is 15.2 Å². The molecular weight excluding hydrogens is 238 g/mol. The predicted molar refractivity (Wildman–Crippen MR) is 68.2 cm³/mol. The van der Waals surface area contributed by atoms with Gasteiger partial charge in [0.15, 0.2) is 0 Å². The minimum Gasteiger partial charge on any atom is -0.342 e. The summed E-state index contributed by atoms with van der Waals surface area (Å²) in [7, 11) is 0. The van der Waals surface area contributed by atoms with Crippen LogP contribution < -0.4 is 5.73 Å². The molecule has 1 amide bonds. The Morgan fingerprint density at radius 1 is 1.65 bits per heavy atom. The van der Waals surface area contributed by atoms with Crippen LogP contribution in [-0.2, 0) is 6.54 Å². The fourth-order valence-corrected chi connectivity index (χ4v) is 2.49. The zero-order valence-electron chi connectivity index (χ0n) is 10.0. The summed E-state index contributed by atoms with van der Waals surface area (Å²) < 4.78 is 1.88. The van der Waals surface area contributed by atoms with Crippen LogP contribution in [0.2, 0.25) is 5.02 Å². The Labute approximate surface area is 106 Å². The summed E-state index contributed by atoms with van der Waals surface area (Å²) in [5, 5.41) is 0.608. The largest absolute Gasteiger partial charge is 0.342 e. The van der Waals surface area contributed by atoms with Crippen LogP contribution in [0.15, 0.2) is 12.3 Å². The van der Waals surface area contributed by atoms with Gasteiger partial charge in [0.05, 0.1) is 5.02 Å². The van der Waals surface area contributed by atoms with Crippen molar-refractivity contribution in [1.82, 2.24) is 9.47 Å². The quantitative estimate of drug-likeness (QED) is 0.875. The lowest BCUT2D eigenvalue weighted by molar-refractivity contribution is 0.0698. The number of piperidine rings is 1. The Morgan fingerprint density at radius 2 is 2.41 bits per heavy atom. The van der Waals surface area contributed by atoms with Gasteiger partial charge in [0.2, 0.25) is 0 Å². The highest BCUT2D eigenvalue weighted by Gasteiger charge is 2.24. The maximum absolute atomic E-state index is 12.3. The van der Waals surface area contributed by atoms with Crippen LogP contribution in [0.4, 0.5) is 0 Å². The molecule has 0 bridgehead atoms. The molecule has 0 spiro atoms. The molecule has 1 aromatic rings. The standard InChI is InChI=1S/C12H18ClN3O/c1-2-15-7-9(13)6-11(15)12(17)16-5-3-4-10(14)8-16/h6-7,10H,2-5,8,14H2,1H3. The third-order valence-electron chi connectivity index (χ3n) is 3.17. The van der Waals surface area contributed by atoms with Crippen LogP contribution in [0.5, 0.6) is 0 Å². The number of amides is 1. The minimum absolute atomic E-state index is 0.0360. The van der Waals surface area contributed by atoms with Crippen molar-refractivity contribution in [2.75, 3.05) is 13.1 Å². The van der Waals surface area contributed by atoms with Gasteiger partial charge in [-0.05, 0) is 25.8 Å². The molecule has 4 nitrogen and oxygen atoms in total. The lowest BCUT2D eigenvalue weighted by Crippen LogP contribution is -2.46. The number of carbonyl (C=O) groups excluding carboxylic acids is 1. The molecule has 1 saturated heterocycles. The van der Waals surface area contributed by atoms with Crippen molar-refractivity contribution in [3.8, 4) is 0 Å². The number of rotatable bonds is 2. The van der Waals surface area contributed by atoms with E-state index in [-0.39, 0.29) is 11.9 Å². The van der Waals surface area contributed by atoms with Gasteiger partial charge in [-0.2, -0.15) is 0 Å². The summed E-state index contributed by atoms with van der Waals surface area (Å²) in [6, 6.07) is 1.83. The average Bonchev–Trinajstić information content (AvgIpc) is 2.69. The molecule has 94 valence electrons. The number of aryl methyl sites for hydroxylation is 1. The normalized spacial score (nSPS) is 20.6. The highest BCUT2D eigenvalue weighted by Crippen LogP contribution is 2.18. The van der Waals surface area contributed by atoms with Gasteiger partial charge >= 0.3 is 0 Å². The van der Waals surface area contributed by atoms with Crippen molar-refractivity contribution >= 4 is 17.5 Å². The SMILES string of the molecule is CCn1cc(Cl)cc1C(=O)N1CCCC(N)C1. The highest BCUT2D eigenvalue weighted by molar-refractivity contribution is 6.31. The molecule has 0 aromatic carbocycles. The molecule has 1 unspecified atom stereocenters. The Hall–Kier alpha value is -1.00. The average molecular weight is 256 g/mol. The number of nitrogens with zero attached hydrogens (tertiary/aromatic N) is 2. The third-order valence-corrected chi connectivity index (χ3v) is 3.37. The van der Waals surface area contributed by atoms with Gasteiger partial charge in [0, 0.05) is 31.9 Å². The van der Waals surface area contributed by atoms with E-state index in [9.17, 15) is 4.79 Å². The monoisotopic (exact) mass is 255 g/mol. The number of nitrogens with two attached hydrogens (primary N) is 1. The van der Waals surface area contributed by atoms with Gasteiger partial charge in [0.1, 0.15) is 5.69 Å². The van der Waals surface area contributed by atoms with Gasteiger partial charge in [0.25, 0.3) is 5.91 Å². The molecule has 0 saturated carbocycles. The molecule has 1 atom stereocenters. The second kappa shape index (κ2) is 5.10. The second-order valence-electron chi connectivity index (χ2n) is 4.48. The van der Waals surface area contributed by atoms with E-state index >= 15 is 0 Å². The first-order chi connectivity index (χ1) is 8.11. The summed E-state index contributed by atoms with van der Waals surface area (Å²) in [5.74, 6) is 0.0360. The Balaban J connectivity index is 2.18. The smallest absolute Gasteiger partial charge is 0.270 e. The van der Waals surface area contributed by atoms with E-state index in [0.717, 1.165) is 25.9 Å². The van der Waals surface area contributed by atoms with E-state index in [0.29, 0.717) is 17.3 Å². The van der Waals surface area contributed by atoms with Crippen molar-refractivity contribution in [3.63, 3.8) is 0 Å². The maximum atomic E-state index is 12.3. The molecule has 17 heavy (non-hydrogen) atoms. The molecular formula is C12H18ClN3O. The van der Waals surface area contributed by atoms with Gasteiger partial charge in [-0.25, -0.2) is 0 Å². The number of hydrogen-bond acceptors (Lipinski definition) is 2. The first-order valence-corrected chi connectivity index (χ1v) is 6.40. The molecule has 1 aliphatic rings. The lowest BCUT2D eigenvalue weighted by atomic mass is 10.1. The summed E-state index contributed by atoms with van der Waals surface area (Å²) in [6.45, 7) is 4.17. The zero-order valence-corrected chi connectivity index (χ0v) is 10.8. The number of aromatic nitrogens is 1. The van der Waals surface area contributed by atoms with Gasteiger partial charge in [-0.3, -0.25) is 4.79 Å². The molecule has 0 radical (unpaired) electrons. The number of halogens is 1. The fourth-order valence-electron chi connectivity index (χ4n) is 2.27. The van der Waals surface area contributed by atoms with E-state index in [1.807, 2.05) is 16.4 Å². The van der Waals surface area contributed by atoms with E-state index in [2.05, 4.69) is 0 Å². The molecule has 1 aromatic heterocycles. The summed E-state index contributed by atoms with van der Waals surface area (Å²) >= 11 is 5.94. The highest BCUT2D eigenvalue weighted by atomic mass is 35.5. The molecule has 0 aliphatic carbocycles. The molecule has 2 rings (SSSR count). The van der Waals surface area contributed by atoms with Crippen molar-refractivity contribution in [1.29, 1.82) is 0 Å². The summed E-state index contributed by atoms with van der Waals surface area (Å²) in [5.41, 5.74) is 6.55. The van der Waals surface area contributed by atoms with Crippen molar-refractivity contribution in [2.45, 2.75) is 32.4 Å². The van der Waals surface area contributed by atoms with Crippen LogP contribution in [0.25, 0.3) is 0 Å². The Morgan fingerprint density at radius 3 is 3.06 bits per heavy atom. The molecule has 5 heteroatoms. The molecule has 1 aliphatic heterocycles. The van der Waals surface area contributed by atoms with Crippen LogP contribution in [0.1, 0.15) is 30.3 Å². The number of hydrogen-bond donors (Lipinski definition) is 1. The fraction of sp³-hybridized carbons (Fsp3) is 0.583. The Kier molecular flexibility index (Phi) is 3.74. The van der Waals surface area contributed by atoms with E-state index in [4.69, 9.17) is 17.3 Å². The van der Waals surface area contributed by atoms with Crippen LogP contribution in [0, 0.1) is 0 Å². The molecule has 1 fully saturated rings. The lowest BCUT2D eigenvalue weighted by Gasteiger charge is -2.30. The molecule has 2 heterocycles. The number of carbonyl (C=O) groups is 1. The van der Waals surface area contributed by atoms with Crippen LogP contribution in [0.3, 0.4) is 0 Å². The van der Waals surface area contributed by atoms with Gasteiger partial charge in [-0.15, -0.1) is 0 Å². The van der Waals surface area contributed by atoms with Crippen LogP contribution in [-0.4, -0.2) is 34.5 Å². The Bertz CT molecular complexity index is 416. The van der Waals surface area contributed by atoms with Crippen molar-refractivity contribution in [2.24, 2.45) is 5.73 Å². The first-order valence-electron chi connectivity index (χ1n) is 6.02. The number of likely N-dealkylation sites (tertiary alicyclic amines) is 1. The summed E-state index contributed by atoms with van der Waals surface area (Å²) in [6.07, 6.45) is 3.77. The van der Waals surface area contributed by atoms with Crippen LogP contribution >= 0.6 is 11.6 Å².